The second kappa shape index (κ2) is 8.68. The molecule has 0 unspecified atom stereocenters. The van der Waals surface area contributed by atoms with Crippen LogP contribution in [-0.2, 0) is 4.74 Å². The van der Waals surface area contributed by atoms with Gasteiger partial charge in [0.2, 0.25) is 3.42 Å². The molecule has 1 N–H and O–H groups in total. The van der Waals surface area contributed by atoms with Gasteiger partial charge < -0.3 is 9.84 Å². The van der Waals surface area contributed by atoms with E-state index in [2.05, 4.69) is 112 Å². The van der Waals surface area contributed by atoms with Crippen LogP contribution in [-0.4, -0.2) is 25.8 Å². The first-order valence-corrected chi connectivity index (χ1v) is 11.9. The van der Waals surface area contributed by atoms with E-state index in [1.54, 1.807) is 0 Å². The van der Waals surface area contributed by atoms with Crippen molar-refractivity contribution < 1.29 is 19.4 Å². The van der Waals surface area contributed by atoms with Gasteiger partial charge in [-0.1, -0.05) is 29.8 Å². The van der Waals surface area contributed by atoms with Crippen molar-refractivity contribution in [2.24, 2.45) is 5.41 Å². The Morgan fingerprint density at radius 2 is 1.38 bits per heavy atom. The zero-order chi connectivity index (χ0) is 19.0. The molecule has 0 saturated carbocycles. The molecule has 0 bridgehead atoms. The van der Waals surface area contributed by atoms with Crippen LogP contribution in [0.15, 0.2) is 17.9 Å². The number of carbonyl (C=O) groups is 2. The molecular formula is C13H9Br7O4. The number of hydrogen-bond donors (Lipinski definition) is 1. The lowest BCUT2D eigenvalue weighted by atomic mass is 9.98. The molecule has 24 heavy (non-hydrogen) atoms. The minimum Gasteiger partial charge on any atom is -0.478 e. The van der Waals surface area contributed by atoms with Crippen molar-refractivity contribution in [2.75, 3.05) is 5.33 Å². The van der Waals surface area contributed by atoms with Gasteiger partial charge >= 0.3 is 11.9 Å². The third-order valence-electron chi connectivity index (χ3n) is 3.03. The molecule has 0 atom stereocenters. The van der Waals surface area contributed by atoms with Crippen LogP contribution in [0.5, 0.6) is 0 Å². The van der Waals surface area contributed by atoms with Gasteiger partial charge in [0, 0.05) is 28.6 Å². The summed E-state index contributed by atoms with van der Waals surface area (Å²) in [4.78, 5) is 24.4. The number of halogens is 7. The van der Waals surface area contributed by atoms with Crippen LogP contribution < -0.4 is 0 Å². The van der Waals surface area contributed by atoms with E-state index >= 15 is 0 Å². The van der Waals surface area contributed by atoms with E-state index in [0.29, 0.717) is 14.3 Å². The predicted octanol–water partition coefficient (Wildman–Crippen LogP) is 7.46. The summed E-state index contributed by atoms with van der Waals surface area (Å²) in [5.41, 5.74) is -0.852. The minimum atomic E-state index is -1.27. The largest absolute Gasteiger partial charge is 0.478 e. The zero-order valence-electron chi connectivity index (χ0n) is 12.0. The van der Waals surface area contributed by atoms with Crippen LogP contribution in [0.1, 0.15) is 34.6 Å². The molecule has 0 radical (unpaired) electrons. The van der Waals surface area contributed by atoms with Crippen LogP contribution in [0, 0.1) is 5.41 Å². The molecule has 0 aliphatic carbocycles. The van der Waals surface area contributed by atoms with E-state index in [0.717, 1.165) is 0 Å². The summed E-state index contributed by atoms with van der Waals surface area (Å²) in [5, 5.41) is 10.0. The second-order valence-corrected chi connectivity index (χ2v) is 12.3. The van der Waals surface area contributed by atoms with Gasteiger partial charge in [-0.05, 0) is 95.6 Å². The van der Waals surface area contributed by atoms with Crippen LogP contribution in [0.25, 0.3) is 0 Å². The zero-order valence-corrected chi connectivity index (χ0v) is 23.1. The molecule has 0 spiro atoms. The Kier molecular flexibility index (Phi) is 8.53. The SMILES string of the molecule is CC(C)(CBr)C(Br)(Br)OC(=O)c1c(Br)c(Br)c(Br)c(Br)c1C(=O)O. The summed E-state index contributed by atoms with van der Waals surface area (Å²) in [6.07, 6.45) is 0. The van der Waals surface area contributed by atoms with Crippen molar-refractivity contribution in [2.45, 2.75) is 17.3 Å². The fraction of sp³-hybridized carbons (Fsp3) is 0.385. The summed E-state index contributed by atoms with van der Waals surface area (Å²) < 4.78 is 5.77. The van der Waals surface area contributed by atoms with E-state index < -0.39 is 20.8 Å². The minimum absolute atomic E-state index is 0.113. The molecule has 0 aromatic heterocycles. The van der Waals surface area contributed by atoms with Crippen molar-refractivity contribution >= 4 is 123 Å². The Morgan fingerprint density at radius 3 is 1.75 bits per heavy atom. The van der Waals surface area contributed by atoms with E-state index in [-0.39, 0.29) is 20.1 Å². The fourth-order valence-corrected chi connectivity index (χ4v) is 5.58. The van der Waals surface area contributed by atoms with E-state index in [9.17, 15) is 14.7 Å². The summed E-state index contributed by atoms with van der Waals surface area (Å²) in [6, 6.07) is 0. The van der Waals surface area contributed by atoms with Gasteiger partial charge in [0.25, 0.3) is 0 Å². The lowest BCUT2D eigenvalue weighted by Gasteiger charge is -2.36. The molecule has 4 nitrogen and oxygen atoms in total. The molecule has 0 fully saturated rings. The topological polar surface area (TPSA) is 63.6 Å². The van der Waals surface area contributed by atoms with Crippen molar-refractivity contribution in [1.29, 1.82) is 0 Å². The first kappa shape index (κ1) is 23.6. The van der Waals surface area contributed by atoms with Gasteiger partial charge in [-0.2, -0.15) is 0 Å². The maximum Gasteiger partial charge on any atom is 0.342 e. The van der Waals surface area contributed by atoms with Gasteiger partial charge in [-0.3, -0.25) is 0 Å². The molecule has 0 aliphatic heterocycles. The first-order valence-electron chi connectivity index (χ1n) is 6.04. The molecule has 11 heteroatoms. The molecule has 1 aromatic carbocycles. The first-order chi connectivity index (χ1) is 10.8. The highest BCUT2D eigenvalue weighted by Gasteiger charge is 2.45. The smallest absolute Gasteiger partial charge is 0.342 e. The molecule has 0 amide bonds. The number of carbonyl (C=O) groups excluding carboxylic acids is 1. The van der Waals surface area contributed by atoms with Gasteiger partial charge in [-0.15, -0.1) is 0 Å². The van der Waals surface area contributed by atoms with Crippen LogP contribution in [0.2, 0.25) is 0 Å². The third-order valence-corrected chi connectivity index (χ3v) is 11.7. The molecule has 0 aliphatic rings. The number of alkyl halides is 3. The number of carboxylic acids is 1. The van der Waals surface area contributed by atoms with Crippen molar-refractivity contribution in [3.8, 4) is 0 Å². The third kappa shape index (κ3) is 4.67. The van der Waals surface area contributed by atoms with Crippen molar-refractivity contribution in [3.05, 3.63) is 29.0 Å². The summed E-state index contributed by atoms with van der Waals surface area (Å²) in [6.45, 7) is 3.72. The molecule has 134 valence electrons. The van der Waals surface area contributed by atoms with Crippen LogP contribution >= 0.6 is 112 Å². The maximum atomic E-state index is 12.7. The number of rotatable bonds is 5. The van der Waals surface area contributed by atoms with Gasteiger partial charge in [0.05, 0.1) is 11.1 Å². The lowest BCUT2D eigenvalue weighted by molar-refractivity contribution is 0.0218. The fourth-order valence-electron chi connectivity index (χ4n) is 1.41. The van der Waals surface area contributed by atoms with Gasteiger partial charge in [-0.25, -0.2) is 9.59 Å². The maximum absolute atomic E-state index is 12.7. The molecule has 1 aromatic rings. The van der Waals surface area contributed by atoms with Crippen LogP contribution in [0.3, 0.4) is 0 Å². The Bertz CT molecular complexity index is 700. The number of hydrogen-bond acceptors (Lipinski definition) is 3. The van der Waals surface area contributed by atoms with E-state index in [1.165, 1.54) is 0 Å². The average Bonchev–Trinajstić information content (AvgIpc) is 2.47. The summed E-state index contributed by atoms with van der Waals surface area (Å²) >= 11 is 23.1. The highest BCUT2D eigenvalue weighted by molar-refractivity contribution is 9.25. The molecular weight excluding hydrogens is 779 g/mol. The molecule has 0 saturated heterocycles. The Labute approximate surface area is 197 Å². The van der Waals surface area contributed by atoms with E-state index in [4.69, 9.17) is 4.74 Å². The monoisotopic (exact) mass is 781 g/mol. The summed E-state index contributed by atoms with van der Waals surface area (Å²) in [7, 11) is 0. The number of esters is 1. The summed E-state index contributed by atoms with van der Waals surface area (Å²) in [5.74, 6) is -2.08. The van der Waals surface area contributed by atoms with E-state index in [1.807, 2.05) is 13.8 Å². The average molecular weight is 789 g/mol. The number of carboxylic acid groups (broad SMARTS) is 1. The predicted molar refractivity (Wildman–Crippen MR) is 118 cm³/mol. The van der Waals surface area contributed by atoms with Crippen molar-refractivity contribution in [1.82, 2.24) is 0 Å². The Balaban J connectivity index is 3.52. The van der Waals surface area contributed by atoms with Crippen molar-refractivity contribution in [3.63, 3.8) is 0 Å². The van der Waals surface area contributed by atoms with Crippen LogP contribution in [0.4, 0.5) is 0 Å². The normalized spacial score (nSPS) is 12.2. The number of ether oxygens (including phenoxy) is 1. The highest BCUT2D eigenvalue weighted by atomic mass is 79.9. The highest BCUT2D eigenvalue weighted by Crippen LogP contribution is 2.48. The van der Waals surface area contributed by atoms with Gasteiger partial charge in [0.15, 0.2) is 0 Å². The number of aromatic carboxylic acids is 1. The van der Waals surface area contributed by atoms with Gasteiger partial charge in [0.1, 0.15) is 0 Å². The Morgan fingerprint density at radius 1 is 0.958 bits per heavy atom. The molecule has 1 rings (SSSR count). The molecule has 0 heterocycles. The number of benzene rings is 1. The standard InChI is InChI=1S/C13H9Br7O4/c1-12(2,3-14)13(19,20)24-11(23)5-4(10(21)22)6(15)8(17)9(18)7(5)16/h3H2,1-2H3,(H,21,22). The quantitative estimate of drug-likeness (QED) is 0.146. The second-order valence-electron chi connectivity index (χ2n) is 5.23. The lowest BCUT2D eigenvalue weighted by Crippen LogP contribution is -2.39. The Hall–Kier alpha value is 1.52.